The molecule has 178 valence electrons. The Morgan fingerprint density at radius 2 is 2.06 bits per heavy atom. The van der Waals surface area contributed by atoms with E-state index in [0.29, 0.717) is 25.2 Å². The summed E-state index contributed by atoms with van der Waals surface area (Å²) >= 11 is 0. The fourth-order valence-corrected chi connectivity index (χ4v) is 4.00. The number of benzene rings is 1. The second-order valence-corrected chi connectivity index (χ2v) is 9.05. The van der Waals surface area contributed by atoms with Crippen molar-refractivity contribution < 1.29 is 32.6 Å². The number of amides is 1. The fraction of sp³-hybridized carbons (Fsp3) is 0.400. The maximum Gasteiger partial charge on any atom is 0.279 e. The summed E-state index contributed by atoms with van der Waals surface area (Å²) in [7, 11) is -0.974. The zero-order valence-corrected chi connectivity index (χ0v) is 19.0. The van der Waals surface area contributed by atoms with E-state index in [0.717, 1.165) is 4.31 Å². The Morgan fingerprint density at radius 3 is 2.64 bits per heavy atom. The highest BCUT2D eigenvalue weighted by atomic mass is 32.2. The van der Waals surface area contributed by atoms with Gasteiger partial charge in [0.1, 0.15) is 0 Å². The molecule has 1 saturated heterocycles. The molecule has 1 aromatic carbocycles. The number of rotatable bonds is 10. The molecule has 1 aliphatic rings. The lowest BCUT2D eigenvalue weighted by molar-refractivity contribution is -0.110. The van der Waals surface area contributed by atoms with Gasteiger partial charge in [-0.1, -0.05) is 17.3 Å². The third-order valence-electron chi connectivity index (χ3n) is 4.73. The van der Waals surface area contributed by atoms with Crippen LogP contribution in [0.15, 0.2) is 46.7 Å². The number of oxime groups is 1. The molecule has 0 aliphatic carbocycles. The van der Waals surface area contributed by atoms with Crippen LogP contribution in [0.4, 0.5) is 5.82 Å². The van der Waals surface area contributed by atoms with Gasteiger partial charge in [-0.25, -0.2) is 18.4 Å². The van der Waals surface area contributed by atoms with Gasteiger partial charge in [0.25, 0.3) is 5.91 Å². The van der Waals surface area contributed by atoms with E-state index in [9.17, 15) is 13.2 Å². The summed E-state index contributed by atoms with van der Waals surface area (Å²) in [4.78, 5) is 26.5. The van der Waals surface area contributed by atoms with Crippen molar-refractivity contribution in [1.29, 1.82) is 0 Å². The Hall–Kier alpha value is -3.13. The van der Waals surface area contributed by atoms with Gasteiger partial charge in [-0.2, -0.15) is 4.31 Å². The van der Waals surface area contributed by atoms with Crippen LogP contribution < -0.4 is 10.1 Å². The Balaban J connectivity index is 1.85. The average molecular weight is 480 g/mol. The van der Waals surface area contributed by atoms with E-state index >= 15 is 0 Å². The van der Waals surface area contributed by atoms with Gasteiger partial charge in [-0.3, -0.25) is 4.79 Å². The van der Waals surface area contributed by atoms with Crippen molar-refractivity contribution in [1.82, 2.24) is 14.3 Å². The monoisotopic (exact) mass is 479 g/mol. The molecule has 1 aromatic heterocycles. The molecule has 1 fully saturated rings. The molecule has 0 saturated carbocycles. The lowest BCUT2D eigenvalue weighted by Gasteiger charge is -2.16. The number of methoxy groups -OCH3 is 1. The second-order valence-electron chi connectivity index (χ2n) is 7.00. The zero-order valence-electron chi connectivity index (χ0n) is 18.2. The van der Waals surface area contributed by atoms with E-state index in [1.54, 1.807) is 0 Å². The fourth-order valence-electron chi connectivity index (χ4n) is 2.84. The number of carbonyl (C=O) groups is 1. The number of nitrogens with one attached hydrogen (secondary N) is 1. The summed E-state index contributed by atoms with van der Waals surface area (Å²) in [6.45, 7) is 0.550. The first-order valence-corrected chi connectivity index (χ1v) is 11.5. The van der Waals surface area contributed by atoms with E-state index in [1.807, 2.05) is 0 Å². The molecule has 0 spiro atoms. The maximum absolute atomic E-state index is 12.9. The van der Waals surface area contributed by atoms with Crippen molar-refractivity contribution >= 4 is 27.5 Å². The number of hydrogen-bond acceptors (Lipinski definition) is 10. The van der Waals surface area contributed by atoms with Crippen molar-refractivity contribution in [2.24, 2.45) is 5.16 Å². The highest BCUT2D eigenvalue weighted by molar-refractivity contribution is 7.89. The summed E-state index contributed by atoms with van der Waals surface area (Å²) in [6, 6.07) is 5.61. The quantitative estimate of drug-likeness (QED) is 0.361. The van der Waals surface area contributed by atoms with Crippen LogP contribution in [-0.2, 0) is 24.4 Å². The number of nitrogens with zero attached hydrogens (tertiary/aromatic N) is 4. The van der Waals surface area contributed by atoms with Crippen LogP contribution in [0, 0.1) is 0 Å². The maximum atomic E-state index is 12.9. The Labute approximate surface area is 191 Å². The van der Waals surface area contributed by atoms with E-state index in [-0.39, 0.29) is 41.6 Å². The van der Waals surface area contributed by atoms with Crippen LogP contribution >= 0.6 is 0 Å². The molecular formula is C20H25N5O7S. The highest BCUT2D eigenvalue weighted by Crippen LogP contribution is 2.17. The molecule has 12 nitrogen and oxygen atoms in total. The minimum Gasteiger partial charge on any atom is -0.480 e. The SMILES string of the molecule is COc1cnc(NC(=O)C(=NO[C@@H]2CCOC2)c2ccc(S(=O)(=O)N(C)CCO)cc2)cn1. The van der Waals surface area contributed by atoms with Crippen LogP contribution in [0.2, 0.25) is 0 Å². The summed E-state index contributed by atoms with van der Waals surface area (Å²) < 4.78 is 36.4. The van der Waals surface area contributed by atoms with Crippen molar-refractivity contribution in [3.63, 3.8) is 0 Å². The van der Waals surface area contributed by atoms with E-state index in [2.05, 4.69) is 20.4 Å². The molecular weight excluding hydrogens is 454 g/mol. The molecule has 0 bridgehead atoms. The number of sulfonamides is 1. The van der Waals surface area contributed by atoms with Gasteiger partial charge in [0.05, 0.1) is 44.2 Å². The molecule has 0 radical (unpaired) electrons. The molecule has 3 rings (SSSR count). The lowest BCUT2D eigenvalue weighted by Crippen LogP contribution is -2.30. The predicted molar refractivity (Wildman–Crippen MR) is 117 cm³/mol. The largest absolute Gasteiger partial charge is 0.480 e. The molecule has 0 unspecified atom stereocenters. The van der Waals surface area contributed by atoms with Gasteiger partial charge in [-0.05, 0) is 12.1 Å². The molecule has 2 heterocycles. The second kappa shape index (κ2) is 11.1. The molecule has 1 amide bonds. The third-order valence-corrected chi connectivity index (χ3v) is 6.60. The summed E-state index contributed by atoms with van der Waals surface area (Å²) in [5.41, 5.74) is 0.254. The normalized spacial score (nSPS) is 16.6. The number of likely N-dealkylation sites (N-methyl/N-ethyl adjacent to an activating group) is 1. The van der Waals surface area contributed by atoms with Gasteiger partial charge in [0.15, 0.2) is 17.6 Å². The van der Waals surface area contributed by atoms with Crippen LogP contribution in [0.3, 0.4) is 0 Å². The average Bonchev–Trinajstić information content (AvgIpc) is 3.34. The number of aliphatic hydroxyl groups excluding tert-OH is 1. The Morgan fingerprint density at radius 1 is 1.30 bits per heavy atom. The van der Waals surface area contributed by atoms with E-state index in [1.165, 1.54) is 50.8 Å². The van der Waals surface area contributed by atoms with Crippen LogP contribution in [0.5, 0.6) is 5.88 Å². The first kappa shape index (κ1) is 24.5. The lowest BCUT2D eigenvalue weighted by atomic mass is 10.1. The van der Waals surface area contributed by atoms with E-state index in [4.69, 9.17) is 19.4 Å². The first-order chi connectivity index (χ1) is 15.8. The van der Waals surface area contributed by atoms with Crippen LogP contribution in [0.1, 0.15) is 12.0 Å². The Bertz CT molecular complexity index is 1070. The number of carbonyl (C=O) groups excluding carboxylic acids is 1. The minimum absolute atomic E-state index is 0.00749. The minimum atomic E-state index is -3.79. The van der Waals surface area contributed by atoms with Gasteiger partial charge in [0.2, 0.25) is 15.9 Å². The van der Waals surface area contributed by atoms with Crippen molar-refractivity contribution in [2.75, 3.05) is 45.8 Å². The van der Waals surface area contributed by atoms with Crippen molar-refractivity contribution in [2.45, 2.75) is 17.4 Å². The molecule has 2 N–H and O–H groups in total. The molecule has 1 aliphatic heterocycles. The number of hydrogen-bond donors (Lipinski definition) is 2. The highest BCUT2D eigenvalue weighted by Gasteiger charge is 2.23. The van der Waals surface area contributed by atoms with Crippen LogP contribution in [0.25, 0.3) is 0 Å². The molecule has 33 heavy (non-hydrogen) atoms. The standard InChI is InChI=1S/C20H25N5O7S/c1-25(8-9-26)33(28,29)16-5-3-14(4-6-16)19(24-32-15-7-10-31-13-15)20(27)23-17-11-22-18(30-2)12-21-17/h3-6,11-12,15,26H,7-10,13H2,1-2H3,(H,21,23,27)/t15-/m1/s1. The van der Waals surface area contributed by atoms with Crippen LogP contribution in [-0.4, -0.2) is 86.0 Å². The summed E-state index contributed by atoms with van der Waals surface area (Å²) in [5.74, 6) is -0.168. The van der Waals surface area contributed by atoms with Crippen molar-refractivity contribution in [3.8, 4) is 5.88 Å². The van der Waals surface area contributed by atoms with Gasteiger partial charge >= 0.3 is 0 Å². The summed E-state index contributed by atoms with van der Waals surface area (Å²) in [5, 5.41) is 15.6. The van der Waals surface area contributed by atoms with E-state index < -0.39 is 15.9 Å². The molecule has 2 aromatic rings. The first-order valence-electron chi connectivity index (χ1n) is 10.0. The topological polar surface area (TPSA) is 153 Å². The van der Waals surface area contributed by atoms with Gasteiger partial charge in [-0.15, -0.1) is 0 Å². The van der Waals surface area contributed by atoms with Gasteiger partial charge < -0.3 is 24.7 Å². The van der Waals surface area contributed by atoms with Crippen molar-refractivity contribution in [3.05, 3.63) is 42.2 Å². The molecule has 13 heteroatoms. The number of aromatic nitrogens is 2. The Kier molecular flexibility index (Phi) is 8.27. The zero-order chi connectivity index (χ0) is 23.8. The number of ether oxygens (including phenoxy) is 2. The number of anilines is 1. The van der Waals surface area contributed by atoms with Gasteiger partial charge in [0, 0.05) is 25.6 Å². The number of aliphatic hydroxyl groups is 1. The summed E-state index contributed by atoms with van der Waals surface area (Å²) in [6.07, 6.45) is 3.02. The third kappa shape index (κ3) is 6.22. The molecule has 1 atom stereocenters. The smallest absolute Gasteiger partial charge is 0.279 e. The predicted octanol–water partition coefficient (Wildman–Crippen LogP) is 0.246.